The van der Waals surface area contributed by atoms with Crippen molar-refractivity contribution < 1.29 is 17.6 Å². The van der Waals surface area contributed by atoms with Gasteiger partial charge in [-0.15, -0.1) is 0 Å². The molecule has 2 aromatic rings. The monoisotopic (exact) mass is 357 g/mol. The van der Waals surface area contributed by atoms with Gasteiger partial charge in [0.25, 0.3) is 0 Å². The van der Waals surface area contributed by atoms with E-state index >= 15 is 0 Å². The van der Waals surface area contributed by atoms with E-state index < -0.39 is 23.3 Å². The van der Waals surface area contributed by atoms with Gasteiger partial charge in [-0.3, -0.25) is 0 Å². The van der Waals surface area contributed by atoms with E-state index in [1.165, 1.54) is 12.1 Å². The zero-order valence-corrected chi connectivity index (χ0v) is 13.3. The van der Waals surface area contributed by atoms with Gasteiger partial charge in [-0.25, -0.2) is 27.5 Å². The third-order valence-electron chi connectivity index (χ3n) is 3.96. The summed E-state index contributed by atoms with van der Waals surface area (Å²) in [4.78, 5) is 8.44. The lowest BCUT2D eigenvalue weighted by Crippen LogP contribution is -2.03. The lowest BCUT2D eigenvalue weighted by atomic mass is 10.2. The Morgan fingerprint density at radius 2 is 1.50 bits per heavy atom. The first-order valence-electron chi connectivity index (χ1n) is 7.72. The average molecular weight is 357 g/mol. The number of fused-ring (bicyclic) bond motifs is 1. The molecule has 0 unspecified atom stereocenters. The van der Waals surface area contributed by atoms with Gasteiger partial charge in [0.05, 0.1) is 11.3 Å². The molecule has 4 rings (SSSR count). The first-order valence-corrected chi connectivity index (χ1v) is 7.72. The normalized spacial score (nSPS) is 11.2. The van der Waals surface area contributed by atoms with Crippen molar-refractivity contribution in [2.24, 2.45) is 0 Å². The second kappa shape index (κ2) is 6.25. The largest absolute Gasteiger partial charge is 0.347 e. The van der Waals surface area contributed by atoms with Crippen LogP contribution in [-0.4, -0.2) is 14.5 Å². The molecule has 0 bridgehead atoms. The number of nitrogens with zero attached hydrogens (tertiary/aromatic N) is 3. The second-order valence-electron chi connectivity index (χ2n) is 5.79. The summed E-state index contributed by atoms with van der Waals surface area (Å²) in [6.45, 7) is 0.165. The summed E-state index contributed by atoms with van der Waals surface area (Å²) >= 11 is 0. The molecule has 0 atom stereocenters. The Labute approximate surface area is 145 Å². The van der Waals surface area contributed by atoms with Gasteiger partial charge in [0, 0.05) is 30.6 Å². The first kappa shape index (κ1) is 16.3. The zero-order chi connectivity index (χ0) is 18.3. The van der Waals surface area contributed by atoms with Crippen LogP contribution in [0.15, 0.2) is 54.9 Å². The molecule has 2 heterocycles. The lowest BCUT2D eigenvalue weighted by molar-refractivity contribution is 0.566. The van der Waals surface area contributed by atoms with E-state index in [0.29, 0.717) is 17.0 Å². The smallest absolute Gasteiger partial charge is 0.163 e. The van der Waals surface area contributed by atoms with Gasteiger partial charge < -0.3 is 4.57 Å². The number of imidazole rings is 1. The number of benzene rings is 2. The highest BCUT2D eigenvalue weighted by Gasteiger charge is 2.16. The highest BCUT2D eigenvalue weighted by atomic mass is 19.1. The van der Waals surface area contributed by atoms with Crippen LogP contribution in [0.3, 0.4) is 0 Å². The Morgan fingerprint density at radius 1 is 0.769 bits per heavy atom. The van der Waals surface area contributed by atoms with E-state index in [4.69, 9.17) is 0 Å². The number of pyridine rings is 1. The van der Waals surface area contributed by atoms with Gasteiger partial charge in [-0.05, 0) is 30.3 Å². The van der Waals surface area contributed by atoms with Crippen molar-refractivity contribution in [3.63, 3.8) is 0 Å². The fraction of sp³-hybridized carbons (Fsp3) is 0.0526. The van der Waals surface area contributed by atoms with Gasteiger partial charge in [-0.1, -0.05) is 6.07 Å². The Hall–Kier alpha value is -3.22. The summed E-state index contributed by atoms with van der Waals surface area (Å²) < 4.78 is 55.7. The van der Waals surface area contributed by atoms with E-state index in [1.807, 2.05) is 0 Å². The van der Waals surface area contributed by atoms with Crippen molar-refractivity contribution in [2.75, 3.05) is 0 Å². The standard InChI is InChI=1S/C19H11F4N3/c20-12-3-4-15(22)14(7-12)19-24-17-5-6-26(10-18(17)25-19)9-11-1-2-13(21)8-16(11)23/h1-8,10H,9H2. The summed E-state index contributed by atoms with van der Waals surface area (Å²) in [5.74, 6) is -2.42. The number of aromatic nitrogens is 3. The molecule has 0 spiro atoms. The molecular weight excluding hydrogens is 346 g/mol. The van der Waals surface area contributed by atoms with Gasteiger partial charge in [0.1, 0.15) is 29.0 Å². The molecule has 0 N–H and O–H groups in total. The Balaban J connectivity index is 1.70. The molecule has 0 saturated heterocycles. The molecular formula is C19H11F4N3. The predicted octanol–water partition coefficient (Wildman–Crippen LogP) is 4.65. The maximum atomic E-state index is 13.9. The van der Waals surface area contributed by atoms with E-state index in [-0.39, 0.29) is 17.9 Å². The SMILES string of the molecule is Fc1ccc(Cn2ccc3nc(-c4cc(F)ccc4F)nc-3c2)c(F)c1. The number of halogens is 4. The molecule has 2 aliphatic rings. The van der Waals surface area contributed by atoms with Crippen LogP contribution >= 0.6 is 0 Å². The van der Waals surface area contributed by atoms with Crippen LogP contribution in [0.4, 0.5) is 17.6 Å². The van der Waals surface area contributed by atoms with Crippen molar-refractivity contribution in [1.82, 2.24) is 14.5 Å². The zero-order valence-electron chi connectivity index (χ0n) is 13.3. The third kappa shape index (κ3) is 3.03. The maximum absolute atomic E-state index is 13.9. The van der Waals surface area contributed by atoms with Gasteiger partial charge >= 0.3 is 0 Å². The molecule has 26 heavy (non-hydrogen) atoms. The van der Waals surface area contributed by atoms with E-state index in [2.05, 4.69) is 9.97 Å². The van der Waals surface area contributed by atoms with Crippen LogP contribution in [0.25, 0.3) is 22.8 Å². The van der Waals surface area contributed by atoms with Crippen LogP contribution < -0.4 is 0 Å². The van der Waals surface area contributed by atoms with Crippen LogP contribution in [0, 0.1) is 23.3 Å². The summed E-state index contributed by atoms with van der Waals surface area (Å²) in [6.07, 6.45) is 3.28. The van der Waals surface area contributed by atoms with Crippen LogP contribution in [0.2, 0.25) is 0 Å². The van der Waals surface area contributed by atoms with Crippen molar-refractivity contribution in [3.8, 4) is 22.8 Å². The average Bonchev–Trinajstić information content (AvgIpc) is 3.02. The molecule has 0 saturated carbocycles. The third-order valence-corrected chi connectivity index (χ3v) is 3.96. The number of rotatable bonds is 3. The highest BCUT2D eigenvalue weighted by molar-refractivity contribution is 5.66. The molecule has 0 radical (unpaired) electrons. The predicted molar refractivity (Wildman–Crippen MR) is 87.5 cm³/mol. The molecule has 130 valence electrons. The maximum Gasteiger partial charge on any atom is 0.163 e. The van der Waals surface area contributed by atoms with E-state index in [1.54, 1.807) is 23.0 Å². The minimum atomic E-state index is -0.645. The van der Waals surface area contributed by atoms with Crippen molar-refractivity contribution in [1.29, 1.82) is 0 Å². The quantitative estimate of drug-likeness (QED) is 0.500. The molecule has 0 amide bonds. The number of hydrogen-bond donors (Lipinski definition) is 0. The van der Waals surface area contributed by atoms with Crippen LogP contribution in [0.1, 0.15) is 5.56 Å². The summed E-state index contributed by atoms with van der Waals surface area (Å²) in [5, 5.41) is 0. The minimum absolute atomic E-state index is 0.0303. The Kier molecular flexibility index (Phi) is 3.91. The van der Waals surface area contributed by atoms with Gasteiger partial charge in [0.15, 0.2) is 5.82 Å². The molecule has 2 aliphatic heterocycles. The fourth-order valence-electron chi connectivity index (χ4n) is 2.69. The first-order chi connectivity index (χ1) is 12.5. The summed E-state index contributed by atoms with van der Waals surface area (Å²) in [6, 6.07) is 8.09. The molecule has 3 nitrogen and oxygen atoms in total. The highest BCUT2D eigenvalue weighted by Crippen LogP contribution is 2.27. The van der Waals surface area contributed by atoms with Crippen molar-refractivity contribution >= 4 is 0 Å². The summed E-state index contributed by atoms with van der Waals surface area (Å²) in [5.41, 5.74) is 1.23. The molecule has 7 heteroatoms. The Bertz CT molecular complexity index is 1070. The van der Waals surface area contributed by atoms with Crippen LogP contribution in [0.5, 0.6) is 0 Å². The van der Waals surface area contributed by atoms with Crippen molar-refractivity contribution in [3.05, 3.63) is 83.7 Å². The van der Waals surface area contributed by atoms with Crippen LogP contribution in [-0.2, 0) is 6.54 Å². The minimum Gasteiger partial charge on any atom is -0.347 e. The van der Waals surface area contributed by atoms with E-state index in [9.17, 15) is 17.6 Å². The van der Waals surface area contributed by atoms with Crippen molar-refractivity contribution in [2.45, 2.75) is 6.54 Å². The lowest BCUT2D eigenvalue weighted by Gasteiger charge is -2.09. The topological polar surface area (TPSA) is 30.7 Å². The molecule has 2 aromatic carbocycles. The second-order valence-corrected chi connectivity index (χ2v) is 5.79. The van der Waals surface area contributed by atoms with Gasteiger partial charge in [0.2, 0.25) is 0 Å². The van der Waals surface area contributed by atoms with Gasteiger partial charge in [-0.2, -0.15) is 0 Å². The number of hydrogen-bond acceptors (Lipinski definition) is 2. The molecule has 0 aromatic heterocycles. The molecule has 0 aliphatic carbocycles. The fourth-order valence-corrected chi connectivity index (χ4v) is 2.69. The molecule has 0 fully saturated rings. The Morgan fingerprint density at radius 3 is 2.31 bits per heavy atom. The van der Waals surface area contributed by atoms with E-state index in [0.717, 1.165) is 24.3 Å². The summed E-state index contributed by atoms with van der Waals surface area (Å²) in [7, 11) is 0.